The first-order valence-electron chi connectivity index (χ1n) is 11.2. The van der Waals surface area contributed by atoms with Gasteiger partial charge in [0.1, 0.15) is 5.82 Å². The lowest BCUT2D eigenvalue weighted by Gasteiger charge is -2.18. The van der Waals surface area contributed by atoms with E-state index in [4.69, 9.17) is 30.8 Å². The normalized spacial score (nSPS) is 11.7. The van der Waals surface area contributed by atoms with Crippen LogP contribution in [0.3, 0.4) is 0 Å². The molecule has 0 spiro atoms. The van der Waals surface area contributed by atoms with Crippen molar-refractivity contribution in [3.63, 3.8) is 0 Å². The Hall–Kier alpha value is -4.04. The molecule has 1 unspecified atom stereocenters. The molecule has 0 fully saturated rings. The number of nitrogens with one attached hydrogen (secondary N) is 1. The molecule has 1 aromatic heterocycles. The summed E-state index contributed by atoms with van der Waals surface area (Å²) < 4.78 is 17.9. The number of nitrogens with zero attached hydrogens (tertiary/aromatic N) is 2. The maximum absolute atomic E-state index is 13.2. The fourth-order valence-electron chi connectivity index (χ4n) is 4.02. The number of amides is 1. The highest BCUT2D eigenvalue weighted by molar-refractivity contribution is 6.30. The predicted octanol–water partition coefficient (Wildman–Crippen LogP) is 5.09. The van der Waals surface area contributed by atoms with E-state index in [0.29, 0.717) is 39.2 Å². The molecule has 0 aliphatic heterocycles. The summed E-state index contributed by atoms with van der Waals surface area (Å²) in [5.74, 6) is 1.24. The van der Waals surface area contributed by atoms with Crippen molar-refractivity contribution in [2.45, 2.75) is 19.5 Å². The quantitative estimate of drug-likeness (QED) is 0.317. The Morgan fingerprint density at radius 3 is 2.19 bits per heavy atom. The van der Waals surface area contributed by atoms with Crippen molar-refractivity contribution in [3.8, 4) is 17.2 Å². The summed E-state index contributed by atoms with van der Waals surface area (Å²) in [5.41, 5.74) is 2.39. The third-order valence-electron chi connectivity index (χ3n) is 5.81. The van der Waals surface area contributed by atoms with E-state index in [1.807, 2.05) is 35.8 Å². The Morgan fingerprint density at radius 2 is 1.58 bits per heavy atom. The Balaban J connectivity index is 1.65. The number of carbonyl (C=O) groups excluding carboxylic acids is 2. The number of Topliss-reactive ketones (excluding diaryl/α,β-unsaturated/α-hetero) is 1. The number of hydrogen-bond acceptors (Lipinski definition) is 6. The number of aromatic nitrogens is 2. The molecule has 1 N–H and O–H groups in total. The molecule has 0 radical (unpaired) electrons. The lowest BCUT2D eigenvalue weighted by atomic mass is 10.1. The largest absolute Gasteiger partial charge is 0.493 e. The van der Waals surface area contributed by atoms with E-state index in [0.717, 1.165) is 11.0 Å². The van der Waals surface area contributed by atoms with Gasteiger partial charge < -0.3 is 24.1 Å². The topological polar surface area (TPSA) is 91.7 Å². The van der Waals surface area contributed by atoms with Crippen LogP contribution in [0.5, 0.6) is 17.2 Å². The number of hydrogen-bond donors (Lipinski definition) is 1. The third-order valence-corrected chi connectivity index (χ3v) is 6.07. The zero-order valence-corrected chi connectivity index (χ0v) is 21.1. The molecule has 4 rings (SSSR count). The van der Waals surface area contributed by atoms with E-state index in [1.165, 1.54) is 21.3 Å². The third kappa shape index (κ3) is 4.99. The molecule has 4 aromatic rings. The number of imidazole rings is 1. The summed E-state index contributed by atoms with van der Waals surface area (Å²) >= 11 is 5.97. The Kier molecular flexibility index (Phi) is 7.45. The van der Waals surface area contributed by atoms with E-state index >= 15 is 0 Å². The van der Waals surface area contributed by atoms with E-state index in [-0.39, 0.29) is 18.2 Å². The number of ether oxygens (including phenoxy) is 3. The Labute approximate surface area is 213 Å². The molecular formula is C27H26ClN3O5. The fourth-order valence-corrected chi connectivity index (χ4v) is 4.14. The lowest BCUT2D eigenvalue weighted by molar-refractivity contribution is 0.0937. The molecule has 1 heterocycles. The first kappa shape index (κ1) is 25.1. The molecule has 9 heteroatoms. The smallest absolute Gasteiger partial charge is 0.252 e. The summed E-state index contributed by atoms with van der Waals surface area (Å²) in [7, 11) is 4.47. The average Bonchev–Trinajstić information content (AvgIpc) is 3.26. The average molecular weight is 508 g/mol. The highest BCUT2D eigenvalue weighted by Crippen LogP contribution is 2.38. The van der Waals surface area contributed by atoms with Gasteiger partial charge in [-0.2, -0.15) is 0 Å². The molecule has 0 bridgehead atoms. The zero-order valence-electron chi connectivity index (χ0n) is 20.4. The van der Waals surface area contributed by atoms with Crippen molar-refractivity contribution in [2.75, 3.05) is 21.3 Å². The molecule has 0 aliphatic rings. The second-order valence-corrected chi connectivity index (χ2v) is 8.52. The first-order chi connectivity index (χ1) is 17.4. The van der Waals surface area contributed by atoms with E-state index < -0.39 is 6.04 Å². The van der Waals surface area contributed by atoms with Crippen LogP contribution in [0.2, 0.25) is 5.02 Å². The van der Waals surface area contributed by atoms with Gasteiger partial charge in [-0.1, -0.05) is 23.7 Å². The number of para-hydroxylation sites is 2. The molecule has 0 saturated heterocycles. The first-order valence-corrected chi connectivity index (χ1v) is 11.6. The van der Waals surface area contributed by atoms with Crippen LogP contribution in [-0.4, -0.2) is 42.6 Å². The van der Waals surface area contributed by atoms with Crippen LogP contribution in [0.4, 0.5) is 0 Å². The van der Waals surface area contributed by atoms with Crippen molar-refractivity contribution in [1.29, 1.82) is 0 Å². The van der Waals surface area contributed by atoms with Crippen LogP contribution in [0.15, 0.2) is 60.7 Å². The van der Waals surface area contributed by atoms with Gasteiger partial charge in [-0.3, -0.25) is 9.59 Å². The molecule has 0 aliphatic carbocycles. The summed E-state index contributed by atoms with van der Waals surface area (Å²) in [6.45, 7) is 1.88. The van der Waals surface area contributed by atoms with Gasteiger partial charge in [0.15, 0.2) is 17.3 Å². The maximum Gasteiger partial charge on any atom is 0.252 e. The van der Waals surface area contributed by atoms with Crippen molar-refractivity contribution in [3.05, 3.63) is 82.6 Å². The van der Waals surface area contributed by atoms with Gasteiger partial charge in [0.05, 0.1) is 44.9 Å². The second-order valence-electron chi connectivity index (χ2n) is 8.08. The van der Waals surface area contributed by atoms with E-state index in [2.05, 4.69) is 5.32 Å². The summed E-state index contributed by atoms with van der Waals surface area (Å²) in [6.07, 6.45) is 0. The summed E-state index contributed by atoms with van der Waals surface area (Å²) in [4.78, 5) is 31.0. The van der Waals surface area contributed by atoms with E-state index in [9.17, 15) is 9.59 Å². The number of carbonyl (C=O) groups is 2. The van der Waals surface area contributed by atoms with Gasteiger partial charge in [-0.15, -0.1) is 0 Å². The minimum Gasteiger partial charge on any atom is -0.493 e. The number of fused-ring (bicyclic) bond motifs is 1. The standard InChI is InChI=1S/C27H26ClN3O5/c1-16(29-27(33)18-13-23(34-2)25(36-4)24(14-18)35-3)26-30-20-7-5-6-8-21(20)31(26)15-22(32)17-9-11-19(28)12-10-17/h5-14,16H,15H2,1-4H3,(H,29,33). The number of rotatable bonds is 9. The predicted molar refractivity (Wildman–Crippen MR) is 137 cm³/mol. The van der Waals surface area contributed by atoms with Crippen LogP contribution in [0, 0.1) is 0 Å². The SMILES string of the molecule is COc1cc(C(=O)NC(C)c2nc3ccccc3n2CC(=O)c2ccc(Cl)cc2)cc(OC)c1OC. The van der Waals surface area contributed by atoms with E-state index in [1.54, 1.807) is 36.4 Å². The highest BCUT2D eigenvalue weighted by atomic mass is 35.5. The number of benzene rings is 3. The van der Waals surface area contributed by atoms with Crippen LogP contribution in [0.25, 0.3) is 11.0 Å². The van der Waals surface area contributed by atoms with Crippen LogP contribution < -0.4 is 19.5 Å². The minimum atomic E-state index is -0.512. The zero-order chi connectivity index (χ0) is 25.8. The molecule has 36 heavy (non-hydrogen) atoms. The van der Waals surface area contributed by atoms with Crippen LogP contribution in [0.1, 0.15) is 39.5 Å². The van der Waals surface area contributed by atoms with Crippen LogP contribution >= 0.6 is 11.6 Å². The number of halogens is 1. The van der Waals surface area contributed by atoms with Crippen molar-refractivity contribution < 1.29 is 23.8 Å². The second kappa shape index (κ2) is 10.7. The van der Waals surface area contributed by atoms with Crippen molar-refractivity contribution >= 4 is 34.3 Å². The Bertz CT molecular complexity index is 1390. The molecule has 1 amide bonds. The van der Waals surface area contributed by atoms with Crippen LogP contribution in [-0.2, 0) is 6.54 Å². The lowest BCUT2D eigenvalue weighted by Crippen LogP contribution is -2.29. The molecule has 8 nitrogen and oxygen atoms in total. The minimum absolute atomic E-state index is 0.0574. The van der Waals surface area contributed by atoms with Gasteiger partial charge in [-0.05, 0) is 55.5 Å². The van der Waals surface area contributed by atoms with Gasteiger partial charge >= 0.3 is 0 Å². The summed E-state index contributed by atoms with van der Waals surface area (Å²) in [6, 6.07) is 16.9. The van der Waals surface area contributed by atoms with Crippen molar-refractivity contribution in [2.24, 2.45) is 0 Å². The van der Waals surface area contributed by atoms with Crippen molar-refractivity contribution in [1.82, 2.24) is 14.9 Å². The molecule has 3 aromatic carbocycles. The fraction of sp³-hybridized carbons (Fsp3) is 0.222. The highest BCUT2D eigenvalue weighted by Gasteiger charge is 2.23. The van der Waals surface area contributed by atoms with Gasteiger partial charge in [0, 0.05) is 16.1 Å². The molecule has 1 atom stereocenters. The maximum atomic E-state index is 13.2. The number of methoxy groups -OCH3 is 3. The van der Waals surface area contributed by atoms with Gasteiger partial charge in [0.25, 0.3) is 5.91 Å². The van der Waals surface area contributed by atoms with Gasteiger partial charge in [0.2, 0.25) is 5.75 Å². The molecule has 186 valence electrons. The van der Waals surface area contributed by atoms with Gasteiger partial charge in [-0.25, -0.2) is 4.98 Å². The Morgan fingerprint density at radius 1 is 0.944 bits per heavy atom. The monoisotopic (exact) mass is 507 g/mol. The number of ketones is 1. The molecule has 0 saturated carbocycles. The summed E-state index contributed by atoms with van der Waals surface area (Å²) in [5, 5.41) is 3.53. The molecular weight excluding hydrogens is 482 g/mol.